The Balaban J connectivity index is 1.83. The number of nitrogens with one attached hydrogen (secondary N) is 2. The van der Waals surface area contributed by atoms with Gasteiger partial charge in [0.1, 0.15) is 0 Å². The van der Waals surface area contributed by atoms with Gasteiger partial charge in [-0.2, -0.15) is 0 Å². The Labute approximate surface area is 153 Å². The van der Waals surface area contributed by atoms with Crippen LogP contribution in [0.2, 0.25) is 0 Å². The number of pyridine rings is 1. The number of carbonyl (C=O) groups is 1. The second kappa shape index (κ2) is 7.43. The Morgan fingerprint density at radius 2 is 2.08 bits per heavy atom. The monoisotopic (exact) mass is 374 g/mol. The molecule has 1 aliphatic rings. The third-order valence-corrected chi connectivity index (χ3v) is 5.91. The van der Waals surface area contributed by atoms with Crippen LogP contribution in [0.5, 0.6) is 0 Å². The molecular formula is C18H22N4O3S. The van der Waals surface area contributed by atoms with Gasteiger partial charge in [0, 0.05) is 19.3 Å². The lowest BCUT2D eigenvalue weighted by molar-refractivity contribution is -0.133. The fourth-order valence-electron chi connectivity index (χ4n) is 2.92. The van der Waals surface area contributed by atoms with Crippen LogP contribution in [0.4, 0.5) is 5.69 Å². The molecule has 2 N–H and O–H groups in total. The summed E-state index contributed by atoms with van der Waals surface area (Å²) in [5.74, 6) is 0.0138. The van der Waals surface area contributed by atoms with E-state index in [0.29, 0.717) is 25.2 Å². The van der Waals surface area contributed by atoms with Crippen molar-refractivity contribution >= 4 is 21.6 Å². The van der Waals surface area contributed by atoms with E-state index in [9.17, 15) is 13.2 Å². The van der Waals surface area contributed by atoms with Crippen LogP contribution in [0.1, 0.15) is 18.1 Å². The zero-order valence-corrected chi connectivity index (χ0v) is 15.6. The van der Waals surface area contributed by atoms with Crippen molar-refractivity contribution in [2.24, 2.45) is 0 Å². The number of nitrogens with zero attached hydrogens (tertiary/aromatic N) is 2. The summed E-state index contributed by atoms with van der Waals surface area (Å²) in [6.45, 7) is 2.87. The standard InChI is InChI=1S/C18H22N4O3S/c1-13(19-2)18(23)22-9-7-14-5-6-17(10-15(14)12-22)26(24,25)21-16-4-3-8-20-11-16/h3-6,8,10-11,13,19,21H,7,9,12H2,1-2H3/t13-/m0/s1. The Bertz CT molecular complexity index is 900. The van der Waals surface area contributed by atoms with E-state index in [1.807, 2.05) is 13.0 Å². The summed E-state index contributed by atoms with van der Waals surface area (Å²) in [6.07, 6.45) is 3.75. The lowest BCUT2D eigenvalue weighted by atomic mass is 9.99. The molecule has 8 heteroatoms. The maximum absolute atomic E-state index is 12.6. The van der Waals surface area contributed by atoms with Gasteiger partial charge in [0.15, 0.2) is 0 Å². The summed E-state index contributed by atoms with van der Waals surface area (Å²) >= 11 is 0. The fourth-order valence-corrected chi connectivity index (χ4v) is 4.02. The molecule has 1 aromatic heterocycles. The number of hydrogen-bond donors (Lipinski definition) is 2. The van der Waals surface area contributed by atoms with Crippen LogP contribution in [-0.2, 0) is 27.8 Å². The second-order valence-electron chi connectivity index (χ2n) is 6.30. The number of rotatable bonds is 5. The molecule has 0 saturated carbocycles. The maximum atomic E-state index is 12.6. The summed E-state index contributed by atoms with van der Waals surface area (Å²) in [7, 11) is -1.97. The Morgan fingerprint density at radius 3 is 2.77 bits per heavy atom. The molecule has 1 aliphatic heterocycles. The number of sulfonamides is 1. The van der Waals surface area contributed by atoms with Crippen molar-refractivity contribution in [2.75, 3.05) is 18.3 Å². The number of hydrogen-bond acceptors (Lipinski definition) is 5. The molecule has 0 spiro atoms. The highest BCUT2D eigenvalue weighted by Gasteiger charge is 2.25. The fraction of sp³-hybridized carbons (Fsp3) is 0.333. The number of likely N-dealkylation sites (N-methyl/N-ethyl adjacent to an activating group) is 1. The molecule has 2 aromatic rings. The third-order valence-electron chi connectivity index (χ3n) is 4.53. The maximum Gasteiger partial charge on any atom is 0.261 e. The third kappa shape index (κ3) is 3.86. The minimum absolute atomic E-state index is 0.0138. The second-order valence-corrected chi connectivity index (χ2v) is 7.98. The zero-order valence-electron chi connectivity index (χ0n) is 14.8. The quantitative estimate of drug-likeness (QED) is 0.825. The number of aromatic nitrogens is 1. The highest BCUT2D eigenvalue weighted by molar-refractivity contribution is 7.92. The molecule has 1 amide bonds. The first-order chi connectivity index (χ1) is 12.4. The van der Waals surface area contributed by atoms with Gasteiger partial charge in [-0.05, 0) is 55.8 Å². The molecule has 0 unspecified atom stereocenters. The van der Waals surface area contributed by atoms with Crippen LogP contribution in [0.3, 0.4) is 0 Å². The van der Waals surface area contributed by atoms with Crippen molar-refractivity contribution in [3.05, 3.63) is 53.9 Å². The highest BCUT2D eigenvalue weighted by atomic mass is 32.2. The molecule has 0 fully saturated rings. The molecule has 3 rings (SSSR count). The van der Waals surface area contributed by atoms with Gasteiger partial charge in [0.05, 0.1) is 22.8 Å². The van der Waals surface area contributed by atoms with Gasteiger partial charge in [-0.15, -0.1) is 0 Å². The van der Waals surface area contributed by atoms with E-state index in [0.717, 1.165) is 11.1 Å². The number of fused-ring (bicyclic) bond motifs is 1. The zero-order chi connectivity index (χ0) is 18.7. The predicted octanol–water partition coefficient (Wildman–Crippen LogP) is 1.37. The first-order valence-electron chi connectivity index (χ1n) is 8.41. The molecule has 0 aliphatic carbocycles. The van der Waals surface area contributed by atoms with E-state index < -0.39 is 10.0 Å². The number of amides is 1. The van der Waals surface area contributed by atoms with E-state index in [-0.39, 0.29) is 16.8 Å². The molecule has 1 aromatic carbocycles. The average molecular weight is 374 g/mol. The molecule has 138 valence electrons. The van der Waals surface area contributed by atoms with Crippen LogP contribution in [0.25, 0.3) is 0 Å². The molecule has 0 radical (unpaired) electrons. The molecule has 0 saturated heterocycles. The minimum atomic E-state index is -3.71. The van der Waals surface area contributed by atoms with Crippen molar-refractivity contribution in [3.8, 4) is 0 Å². The summed E-state index contributed by atoms with van der Waals surface area (Å²) in [6, 6.07) is 8.12. The molecule has 26 heavy (non-hydrogen) atoms. The predicted molar refractivity (Wildman–Crippen MR) is 99.1 cm³/mol. The first kappa shape index (κ1) is 18.3. The molecule has 0 bridgehead atoms. The topological polar surface area (TPSA) is 91.4 Å². The van der Waals surface area contributed by atoms with Gasteiger partial charge < -0.3 is 10.2 Å². The lowest BCUT2D eigenvalue weighted by Crippen LogP contribution is -2.45. The number of benzene rings is 1. The normalized spacial score (nSPS) is 15.2. The van der Waals surface area contributed by atoms with Crippen molar-refractivity contribution in [1.29, 1.82) is 0 Å². The summed E-state index contributed by atoms with van der Waals surface area (Å²) in [4.78, 5) is 18.2. The van der Waals surface area contributed by atoms with E-state index in [4.69, 9.17) is 0 Å². The van der Waals surface area contributed by atoms with Crippen LogP contribution < -0.4 is 10.0 Å². The van der Waals surface area contributed by atoms with Gasteiger partial charge in [0.2, 0.25) is 5.91 Å². The summed E-state index contributed by atoms with van der Waals surface area (Å²) < 4.78 is 27.8. The first-order valence-corrected chi connectivity index (χ1v) is 9.90. The Kier molecular flexibility index (Phi) is 5.24. The van der Waals surface area contributed by atoms with Gasteiger partial charge in [-0.25, -0.2) is 8.42 Å². The van der Waals surface area contributed by atoms with Gasteiger partial charge in [0.25, 0.3) is 10.0 Å². The number of carbonyl (C=O) groups excluding carboxylic acids is 1. The van der Waals surface area contributed by atoms with E-state index >= 15 is 0 Å². The van der Waals surface area contributed by atoms with Gasteiger partial charge >= 0.3 is 0 Å². The SMILES string of the molecule is CN[C@@H](C)C(=O)N1CCc2ccc(S(=O)(=O)Nc3cccnc3)cc2C1. The summed E-state index contributed by atoms with van der Waals surface area (Å²) in [5, 5.41) is 2.95. The molecule has 7 nitrogen and oxygen atoms in total. The largest absolute Gasteiger partial charge is 0.337 e. The van der Waals surface area contributed by atoms with Crippen molar-refractivity contribution < 1.29 is 13.2 Å². The molecule has 2 heterocycles. The van der Waals surface area contributed by atoms with Gasteiger partial charge in [-0.1, -0.05) is 6.07 Å². The van der Waals surface area contributed by atoms with Crippen molar-refractivity contribution in [1.82, 2.24) is 15.2 Å². The van der Waals surface area contributed by atoms with Crippen molar-refractivity contribution in [2.45, 2.75) is 30.8 Å². The van der Waals surface area contributed by atoms with Crippen LogP contribution in [-0.4, -0.2) is 43.8 Å². The van der Waals surface area contributed by atoms with Crippen LogP contribution in [0.15, 0.2) is 47.6 Å². The molecule has 1 atom stereocenters. The highest BCUT2D eigenvalue weighted by Crippen LogP contribution is 2.24. The smallest absolute Gasteiger partial charge is 0.261 e. The van der Waals surface area contributed by atoms with E-state index in [2.05, 4.69) is 15.0 Å². The van der Waals surface area contributed by atoms with Crippen LogP contribution >= 0.6 is 0 Å². The Morgan fingerprint density at radius 1 is 1.27 bits per heavy atom. The number of anilines is 1. The molecular weight excluding hydrogens is 352 g/mol. The lowest BCUT2D eigenvalue weighted by Gasteiger charge is -2.31. The van der Waals surface area contributed by atoms with Crippen LogP contribution in [0, 0.1) is 0 Å². The van der Waals surface area contributed by atoms with Crippen molar-refractivity contribution in [3.63, 3.8) is 0 Å². The summed E-state index contributed by atoms with van der Waals surface area (Å²) in [5.41, 5.74) is 2.35. The Hall–Kier alpha value is -2.45. The van der Waals surface area contributed by atoms with Gasteiger partial charge in [-0.3, -0.25) is 14.5 Å². The average Bonchev–Trinajstić information content (AvgIpc) is 2.66. The minimum Gasteiger partial charge on any atom is -0.337 e. The van der Waals surface area contributed by atoms with E-state index in [1.165, 1.54) is 6.20 Å². The van der Waals surface area contributed by atoms with E-state index in [1.54, 1.807) is 42.4 Å².